The first-order chi connectivity index (χ1) is 15.0. The summed E-state index contributed by atoms with van der Waals surface area (Å²) in [5, 5.41) is 3.52. The molecule has 3 N–H and O–H groups in total. The monoisotopic (exact) mass is 487 g/mol. The van der Waals surface area contributed by atoms with Crippen LogP contribution in [0.15, 0.2) is 84.9 Å². The Kier molecular flexibility index (Phi) is 12.6. The van der Waals surface area contributed by atoms with Gasteiger partial charge in [-0.2, -0.15) is 0 Å². The van der Waals surface area contributed by atoms with Crippen LogP contribution in [-0.2, 0) is 0 Å². The predicted octanol–water partition coefficient (Wildman–Crippen LogP) is -2.95. The topological polar surface area (TPSA) is 39.7 Å². The number of anilines is 1. The zero-order valence-electron chi connectivity index (χ0n) is 19.8. The maximum Gasteiger partial charge on any atom is 0.285 e. The molecule has 178 valence electrons. The van der Waals surface area contributed by atoms with E-state index in [0.717, 1.165) is 35.1 Å². The highest BCUT2D eigenvalue weighted by atomic mass is 35.5. The summed E-state index contributed by atoms with van der Waals surface area (Å²) >= 11 is 0. The van der Waals surface area contributed by atoms with Crippen LogP contribution in [0.5, 0.6) is 5.75 Å². The summed E-state index contributed by atoms with van der Waals surface area (Å²) in [5.74, 6) is 1.78. The van der Waals surface area contributed by atoms with Gasteiger partial charge in [-0.05, 0) is 64.1 Å². The number of quaternary nitrogens is 1. The van der Waals surface area contributed by atoms with Gasteiger partial charge in [-0.3, -0.25) is 0 Å². The Morgan fingerprint density at radius 2 is 1.33 bits per heavy atom. The third kappa shape index (κ3) is 8.73. The molecule has 6 heteroatoms. The Hall–Kier alpha value is -2.53. The van der Waals surface area contributed by atoms with E-state index in [1.165, 1.54) is 0 Å². The van der Waals surface area contributed by atoms with Crippen molar-refractivity contribution in [2.24, 2.45) is 0 Å². The van der Waals surface area contributed by atoms with Crippen LogP contribution in [0.25, 0.3) is 0 Å². The van der Waals surface area contributed by atoms with Gasteiger partial charge < -0.3 is 34.5 Å². The van der Waals surface area contributed by atoms with E-state index in [2.05, 4.69) is 68.3 Å². The second kappa shape index (κ2) is 14.6. The molecule has 0 fully saturated rings. The lowest BCUT2D eigenvalue weighted by molar-refractivity contribution is -0.942. The van der Waals surface area contributed by atoms with Crippen molar-refractivity contribution in [3.05, 3.63) is 90.5 Å². The van der Waals surface area contributed by atoms with Crippen LogP contribution in [-0.4, -0.2) is 31.1 Å². The van der Waals surface area contributed by atoms with E-state index in [1.54, 1.807) is 4.90 Å². The molecule has 0 heterocycles. The van der Waals surface area contributed by atoms with E-state index in [9.17, 15) is 0 Å². The van der Waals surface area contributed by atoms with Crippen molar-refractivity contribution in [3.8, 4) is 5.75 Å². The van der Waals surface area contributed by atoms with Crippen molar-refractivity contribution in [2.45, 2.75) is 39.8 Å². The largest absolute Gasteiger partial charge is 1.00 e. The fourth-order valence-corrected chi connectivity index (χ4v) is 3.80. The standard InChI is InChI=1S/C27H33N3O.2ClH/c1-21(2)30(22(3)4)19-20-31-26-18-12-11-17-25(26)29-27(23-13-7-5-8-14-23)28-24-15-9-6-10-16-24;;/h5-18,21-22H,19-20H2,1-4H3,(H,28,29);2*1H. The number of hydrogen-bond donors (Lipinski definition) is 3. The number of hydrogen-bond acceptors (Lipinski definition) is 1. The molecule has 33 heavy (non-hydrogen) atoms. The van der Waals surface area contributed by atoms with Gasteiger partial charge in [-0.15, -0.1) is 0 Å². The minimum absolute atomic E-state index is 0. The highest BCUT2D eigenvalue weighted by molar-refractivity contribution is 6.04. The lowest BCUT2D eigenvalue weighted by Gasteiger charge is -2.27. The van der Waals surface area contributed by atoms with Crippen molar-refractivity contribution in [3.63, 3.8) is 0 Å². The summed E-state index contributed by atoms with van der Waals surface area (Å²) in [7, 11) is 0. The SMILES string of the molecule is CC(C)[NH+](CCOc1ccccc1[NH+]=C(Nc1ccccc1)c1ccccc1)C(C)C.[Cl-].[Cl-]. The molecule has 0 unspecified atom stereocenters. The Morgan fingerprint density at radius 1 is 0.788 bits per heavy atom. The van der Waals surface area contributed by atoms with E-state index < -0.39 is 0 Å². The van der Waals surface area contributed by atoms with Gasteiger partial charge in [0.05, 0.1) is 17.6 Å². The van der Waals surface area contributed by atoms with Gasteiger partial charge in [-0.1, -0.05) is 48.5 Å². The second-order valence-corrected chi connectivity index (χ2v) is 8.34. The van der Waals surface area contributed by atoms with Crippen LogP contribution in [0.2, 0.25) is 0 Å². The van der Waals surface area contributed by atoms with Crippen LogP contribution in [0.4, 0.5) is 11.4 Å². The minimum atomic E-state index is 0. The zero-order chi connectivity index (χ0) is 22.1. The van der Waals surface area contributed by atoms with Crippen molar-refractivity contribution in [1.82, 2.24) is 0 Å². The van der Waals surface area contributed by atoms with Crippen LogP contribution in [0, 0.1) is 0 Å². The molecule has 0 aromatic heterocycles. The second-order valence-electron chi connectivity index (χ2n) is 8.34. The fourth-order valence-electron chi connectivity index (χ4n) is 3.80. The first kappa shape index (κ1) is 28.5. The molecule has 0 aliphatic heterocycles. The van der Waals surface area contributed by atoms with E-state index in [0.29, 0.717) is 18.7 Å². The minimum Gasteiger partial charge on any atom is -1.00 e. The van der Waals surface area contributed by atoms with Crippen molar-refractivity contribution < 1.29 is 39.4 Å². The van der Waals surface area contributed by atoms with E-state index in [-0.39, 0.29) is 24.8 Å². The molecule has 0 aliphatic carbocycles. The number of para-hydroxylation sites is 3. The fraction of sp³-hybridized carbons (Fsp3) is 0.296. The molecule has 0 amide bonds. The van der Waals surface area contributed by atoms with Crippen molar-refractivity contribution in [1.29, 1.82) is 0 Å². The van der Waals surface area contributed by atoms with Gasteiger partial charge in [0.25, 0.3) is 5.84 Å². The van der Waals surface area contributed by atoms with Crippen LogP contribution >= 0.6 is 0 Å². The number of amidine groups is 1. The zero-order valence-corrected chi connectivity index (χ0v) is 21.3. The molecule has 4 nitrogen and oxygen atoms in total. The Bertz CT molecular complexity index is 955. The summed E-state index contributed by atoms with van der Waals surface area (Å²) in [6.07, 6.45) is 0. The summed E-state index contributed by atoms with van der Waals surface area (Å²) < 4.78 is 6.23. The van der Waals surface area contributed by atoms with Gasteiger partial charge in [0.15, 0.2) is 11.4 Å². The summed E-state index contributed by atoms with van der Waals surface area (Å²) in [5.41, 5.74) is 3.05. The molecule has 0 spiro atoms. The molecular formula is C27H35Cl2N3O. The lowest BCUT2D eigenvalue weighted by atomic mass is 10.2. The Labute approximate surface area is 210 Å². The van der Waals surface area contributed by atoms with Crippen molar-refractivity contribution in [2.75, 3.05) is 18.5 Å². The molecule has 0 saturated carbocycles. The molecule has 3 aromatic carbocycles. The number of rotatable bonds is 9. The van der Waals surface area contributed by atoms with Crippen LogP contribution in [0.1, 0.15) is 33.3 Å². The molecule has 3 aromatic rings. The third-order valence-electron chi connectivity index (χ3n) is 5.38. The molecule has 0 aliphatic rings. The summed E-state index contributed by atoms with van der Waals surface area (Å²) in [4.78, 5) is 5.12. The lowest BCUT2D eigenvalue weighted by Crippen LogP contribution is -3.18. The molecular weight excluding hydrogens is 453 g/mol. The third-order valence-corrected chi connectivity index (χ3v) is 5.38. The molecule has 0 bridgehead atoms. The van der Waals surface area contributed by atoms with Crippen LogP contribution < -0.4 is 44.8 Å². The average Bonchev–Trinajstić information content (AvgIpc) is 2.78. The first-order valence-corrected chi connectivity index (χ1v) is 11.1. The van der Waals surface area contributed by atoms with Gasteiger partial charge in [0, 0.05) is 0 Å². The van der Waals surface area contributed by atoms with Gasteiger partial charge in [-0.25, -0.2) is 10.3 Å². The number of halogens is 2. The quantitative estimate of drug-likeness (QED) is 0.223. The smallest absolute Gasteiger partial charge is 0.285 e. The maximum absolute atomic E-state index is 6.23. The number of nitrogens with one attached hydrogen (secondary N) is 3. The van der Waals surface area contributed by atoms with E-state index in [4.69, 9.17) is 4.74 Å². The molecule has 0 saturated heterocycles. The van der Waals surface area contributed by atoms with Gasteiger partial charge in [0.2, 0.25) is 0 Å². The predicted molar refractivity (Wildman–Crippen MR) is 129 cm³/mol. The Balaban J connectivity index is 0.00000272. The molecule has 3 rings (SSSR count). The van der Waals surface area contributed by atoms with E-state index >= 15 is 0 Å². The van der Waals surface area contributed by atoms with Crippen molar-refractivity contribution >= 4 is 17.2 Å². The van der Waals surface area contributed by atoms with Gasteiger partial charge >= 0.3 is 0 Å². The Morgan fingerprint density at radius 3 is 1.94 bits per heavy atom. The first-order valence-electron chi connectivity index (χ1n) is 11.1. The highest BCUT2D eigenvalue weighted by Gasteiger charge is 2.18. The average molecular weight is 489 g/mol. The summed E-state index contributed by atoms with van der Waals surface area (Å²) in [6.45, 7) is 10.7. The van der Waals surface area contributed by atoms with E-state index in [1.807, 2.05) is 54.6 Å². The summed E-state index contributed by atoms with van der Waals surface area (Å²) in [6, 6.07) is 29.8. The number of ether oxygens (including phenoxy) is 1. The normalized spacial score (nSPS) is 11.2. The molecule has 0 radical (unpaired) electrons. The van der Waals surface area contributed by atoms with Crippen LogP contribution in [0.3, 0.4) is 0 Å². The highest BCUT2D eigenvalue weighted by Crippen LogP contribution is 2.18. The molecule has 0 atom stereocenters. The van der Waals surface area contributed by atoms with Gasteiger partial charge in [0.1, 0.15) is 18.8 Å². The number of benzene rings is 3. The maximum atomic E-state index is 6.23.